The van der Waals surface area contributed by atoms with E-state index in [-0.39, 0.29) is 17.1 Å². The summed E-state index contributed by atoms with van der Waals surface area (Å²) < 4.78 is 9.42. The molecule has 25 heavy (non-hydrogen) atoms. The van der Waals surface area contributed by atoms with E-state index in [0.717, 1.165) is 0 Å². The van der Waals surface area contributed by atoms with Gasteiger partial charge in [0.2, 0.25) is 6.79 Å². The van der Waals surface area contributed by atoms with E-state index >= 15 is 0 Å². The molecule has 0 aromatic carbocycles. The largest absolute Gasteiger partial charge is 0.427 e. The molecule has 0 radical (unpaired) electrons. The first-order chi connectivity index (χ1) is 11.4. The Hall–Kier alpha value is -1.83. The minimum Gasteiger partial charge on any atom is -0.427 e. The number of rotatable bonds is 4. The van der Waals surface area contributed by atoms with Crippen LogP contribution in [0.3, 0.4) is 0 Å². The fraction of sp³-hybridized carbons (Fsp3) is 0.647. The minimum atomic E-state index is -0.799. The van der Waals surface area contributed by atoms with Gasteiger partial charge in [0.1, 0.15) is 11.4 Å². The van der Waals surface area contributed by atoms with Crippen molar-refractivity contribution < 1.29 is 28.7 Å². The van der Waals surface area contributed by atoms with Crippen molar-refractivity contribution in [3.63, 3.8) is 0 Å². The van der Waals surface area contributed by atoms with Crippen molar-refractivity contribution in [2.24, 2.45) is 5.41 Å². The van der Waals surface area contributed by atoms with Crippen LogP contribution in [0.1, 0.15) is 41.5 Å². The maximum absolute atomic E-state index is 12.4. The number of β-lactam (4-membered cyclic amide) rings is 1. The smallest absolute Gasteiger partial charge is 0.333 e. The van der Waals surface area contributed by atoms with Crippen LogP contribution in [0, 0.1) is 5.41 Å². The normalized spacial score (nSPS) is 26.1. The minimum absolute atomic E-state index is 0.207. The second kappa shape index (κ2) is 6.48. The molecule has 2 rings (SSSR count). The van der Waals surface area contributed by atoms with Gasteiger partial charge >= 0.3 is 11.9 Å². The van der Waals surface area contributed by atoms with Gasteiger partial charge in [0, 0.05) is 4.75 Å². The van der Waals surface area contributed by atoms with Crippen LogP contribution >= 0.6 is 11.8 Å². The average Bonchev–Trinajstić information content (AvgIpc) is 2.72. The number of fused-ring (bicyclic) bond motifs is 1. The maximum atomic E-state index is 12.4. The molecule has 1 amide bonds. The van der Waals surface area contributed by atoms with Gasteiger partial charge in [-0.15, -0.1) is 11.8 Å². The number of esters is 2. The SMILES string of the molecule is CC(=O)/C=C1/C(=O)N2[C@@H]1SC(C)(C)[C@@H]2C(=O)OCOC(=O)C(C)(C)C. The van der Waals surface area contributed by atoms with Crippen molar-refractivity contribution in [3.8, 4) is 0 Å². The maximum Gasteiger partial charge on any atom is 0.333 e. The Bertz CT molecular complexity index is 661. The lowest BCUT2D eigenvalue weighted by molar-refractivity contribution is -0.178. The summed E-state index contributed by atoms with van der Waals surface area (Å²) in [5, 5.41) is -0.332. The Morgan fingerprint density at radius 3 is 2.36 bits per heavy atom. The predicted octanol–water partition coefficient (Wildman–Crippen LogP) is 1.65. The van der Waals surface area contributed by atoms with E-state index in [1.165, 1.54) is 29.7 Å². The highest BCUT2D eigenvalue weighted by Gasteiger charge is 2.61. The van der Waals surface area contributed by atoms with E-state index < -0.39 is 34.9 Å². The number of nitrogens with zero attached hydrogens (tertiary/aromatic N) is 1. The summed E-state index contributed by atoms with van der Waals surface area (Å²) in [6, 6.07) is -0.799. The molecule has 2 aliphatic heterocycles. The Morgan fingerprint density at radius 1 is 1.24 bits per heavy atom. The summed E-state index contributed by atoms with van der Waals surface area (Å²) >= 11 is 1.43. The van der Waals surface area contributed by atoms with Gasteiger partial charge in [-0.25, -0.2) is 4.79 Å². The van der Waals surface area contributed by atoms with Crippen LogP contribution in [0.5, 0.6) is 0 Å². The molecule has 8 heteroatoms. The number of carbonyl (C=O) groups excluding carboxylic acids is 4. The lowest BCUT2D eigenvalue weighted by atomic mass is 9.95. The Labute approximate surface area is 151 Å². The van der Waals surface area contributed by atoms with Gasteiger partial charge < -0.3 is 14.4 Å². The molecule has 138 valence electrons. The van der Waals surface area contributed by atoms with Crippen molar-refractivity contribution >= 4 is 35.4 Å². The molecule has 0 aliphatic carbocycles. The van der Waals surface area contributed by atoms with E-state index in [9.17, 15) is 19.2 Å². The quantitative estimate of drug-likeness (QED) is 0.322. The molecule has 2 saturated heterocycles. The summed E-state index contributed by atoms with van der Waals surface area (Å²) in [5.41, 5.74) is -0.292. The molecule has 2 fully saturated rings. The van der Waals surface area contributed by atoms with Crippen molar-refractivity contribution in [1.82, 2.24) is 4.90 Å². The molecule has 2 atom stereocenters. The molecule has 2 heterocycles. The highest BCUT2D eigenvalue weighted by Crippen LogP contribution is 2.53. The van der Waals surface area contributed by atoms with Gasteiger partial charge in [0.25, 0.3) is 5.91 Å². The van der Waals surface area contributed by atoms with Gasteiger partial charge in [-0.2, -0.15) is 0 Å². The first-order valence-corrected chi connectivity index (χ1v) is 8.80. The van der Waals surface area contributed by atoms with Gasteiger partial charge in [0.05, 0.1) is 11.0 Å². The molecule has 0 unspecified atom stereocenters. The average molecular weight is 369 g/mol. The number of carbonyl (C=O) groups is 4. The number of allylic oxidation sites excluding steroid dienone is 1. The third-order valence-electron chi connectivity index (χ3n) is 3.94. The fourth-order valence-corrected chi connectivity index (χ4v) is 4.23. The van der Waals surface area contributed by atoms with E-state index in [2.05, 4.69) is 0 Å². The number of amides is 1. The number of ether oxygens (including phenoxy) is 2. The fourth-order valence-electron chi connectivity index (χ4n) is 2.69. The van der Waals surface area contributed by atoms with Crippen LogP contribution in [-0.2, 0) is 28.7 Å². The first-order valence-electron chi connectivity index (χ1n) is 7.93. The zero-order valence-electron chi connectivity index (χ0n) is 15.2. The summed E-state index contributed by atoms with van der Waals surface area (Å²) in [6.45, 7) is 9.64. The van der Waals surface area contributed by atoms with Gasteiger partial charge in [-0.3, -0.25) is 14.4 Å². The lowest BCUT2D eigenvalue weighted by Crippen LogP contribution is -2.59. The summed E-state index contributed by atoms with van der Waals surface area (Å²) in [5.74, 6) is -1.66. The summed E-state index contributed by atoms with van der Waals surface area (Å²) in [6.07, 6.45) is 1.31. The highest BCUT2D eigenvalue weighted by atomic mass is 32.2. The van der Waals surface area contributed by atoms with Crippen LogP contribution in [-0.4, -0.2) is 51.5 Å². The van der Waals surface area contributed by atoms with Crippen molar-refractivity contribution in [3.05, 3.63) is 11.6 Å². The third kappa shape index (κ3) is 3.73. The van der Waals surface area contributed by atoms with Crippen LogP contribution < -0.4 is 0 Å². The molecule has 2 aliphatic rings. The number of thioether (sulfide) groups is 1. The van der Waals surface area contributed by atoms with Crippen molar-refractivity contribution in [2.45, 2.75) is 57.7 Å². The van der Waals surface area contributed by atoms with Crippen LogP contribution in [0.2, 0.25) is 0 Å². The van der Waals surface area contributed by atoms with Crippen LogP contribution in [0.4, 0.5) is 0 Å². The highest BCUT2D eigenvalue weighted by molar-refractivity contribution is 8.01. The molecular weight excluding hydrogens is 346 g/mol. The second-order valence-electron chi connectivity index (χ2n) is 7.66. The molecular formula is C17H23NO6S. The van der Waals surface area contributed by atoms with Gasteiger partial charge in [0.15, 0.2) is 5.78 Å². The lowest BCUT2D eigenvalue weighted by Gasteiger charge is -2.39. The predicted molar refractivity (Wildman–Crippen MR) is 91.4 cm³/mol. The van der Waals surface area contributed by atoms with E-state index in [1.807, 2.05) is 13.8 Å². The molecule has 0 aromatic rings. The zero-order valence-corrected chi connectivity index (χ0v) is 16.1. The molecule has 0 N–H and O–H groups in total. The first kappa shape index (κ1) is 19.5. The zero-order chi connectivity index (χ0) is 19.2. The van der Waals surface area contributed by atoms with Gasteiger partial charge in [-0.1, -0.05) is 0 Å². The summed E-state index contributed by atoms with van der Waals surface area (Å²) in [7, 11) is 0. The second-order valence-corrected chi connectivity index (χ2v) is 9.40. The molecule has 0 aromatic heterocycles. The Kier molecular flexibility index (Phi) is 5.05. The molecule has 0 saturated carbocycles. The molecule has 0 bridgehead atoms. The van der Waals surface area contributed by atoms with Gasteiger partial charge in [-0.05, 0) is 47.6 Å². The van der Waals surface area contributed by atoms with E-state index in [1.54, 1.807) is 20.8 Å². The number of ketones is 1. The topological polar surface area (TPSA) is 90.0 Å². The van der Waals surface area contributed by atoms with E-state index in [0.29, 0.717) is 5.57 Å². The van der Waals surface area contributed by atoms with Crippen molar-refractivity contribution in [1.29, 1.82) is 0 Å². The third-order valence-corrected chi connectivity index (χ3v) is 5.47. The van der Waals surface area contributed by atoms with E-state index in [4.69, 9.17) is 9.47 Å². The Balaban J connectivity index is 2.04. The van der Waals surface area contributed by atoms with Crippen molar-refractivity contribution in [2.75, 3.05) is 6.79 Å². The number of hydrogen-bond acceptors (Lipinski definition) is 7. The van der Waals surface area contributed by atoms with Crippen LogP contribution in [0.25, 0.3) is 0 Å². The number of hydrogen-bond donors (Lipinski definition) is 0. The standard InChI is InChI=1S/C17H23NO6S/c1-9(19)7-10-12(20)18-11(17(5,6)25-13(10)18)14(21)23-8-24-15(22)16(2,3)4/h7,11,13H,8H2,1-6H3/b10-7-/t11-,13+/m0/s1. The summed E-state index contributed by atoms with van der Waals surface area (Å²) in [4.78, 5) is 49.1. The Morgan fingerprint density at radius 2 is 1.84 bits per heavy atom. The molecule has 7 nitrogen and oxygen atoms in total. The van der Waals surface area contributed by atoms with Crippen LogP contribution in [0.15, 0.2) is 11.6 Å². The monoisotopic (exact) mass is 369 g/mol. The molecule has 0 spiro atoms.